The summed E-state index contributed by atoms with van der Waals surface area (Å²) in [5, 5.41) is 23.1. The molecule has 2 rings (SSSR count). The molecule has 0 atom stereocenters. The Labute approximate surface area is 134 Å². The monoisotopic (exact) mass is 338 g/mol. The number of hydrogen-bond acceptors (Lipinski definition) is 4. The van der Waals surface area contributed by atoms with Gasteiger partial charge in [-0.2, -0.15) is 0 Å². The van der Waals surface area contributed by atoms with Crippen molar-refractivity contribution in [2.24, 2.45) is 0 Å². The van der Waals surface area contributed by atoms with Crippen molar-refractivity contribution in [3.05, 3.63) is 95.8 Å². The topological polar surface area (TPSA) is 86.3 Å². The Bertz CT molecular complexity index is 692. The van der Waals surface area contributed by atoms with Crippen LogP contribution in [-0.4, -0.2) is 9.85 Å². The zero-order chi connectivity index (χ0) is 16.3. The van der Waals surface area contributed by atoms with Crippen molar-refractivity contribution >= 4 is 28.8 Å². The lowest BCUT2D eigenvalue weighted by Crippen LogP contribution is -2.13. The van der Waals surface area contributed by atoms with Crippen LogP contribution in [-0.2, 0) is 0 Å². The van der Waals surface area contributed by atoms with E-state index in [9.17, 15) is 20.2 Å². The van der Waals surface area contributed by atoms with Crippen LogP contribution in [0.15, 0.2) is 54.4 Å². The highest BCUT2D eigenvalue weighted by atomic mass is 35.5. The number of hydrogen-bond donors (Lipinski definition) is 0. The molecule has 0 unspecified atom stereocenters. The van der Waals surface area contributed by atoms with Gasteiger partial charge in [0.05, 0.1) is 0 Å². The second-order valence-electron chi connectivity index (χ2n) is 4.23. The number of halogens is 2. The van der Waals surface area contributed by atoms with Crippen LogP contribution in [0.25, 0.3) is 5.57 Å². The summed E-state index contributed by atoms with van der Waals surface area (Å²) in [6.07, 6.45) is 0. The normalized spacial score (nSPS) is 10.1. The Hall–Kier alpha value is -2.44. The first-order chi connectivity index (χ1) is 10.4. The average Bonchev–Trinajstić information content (AvgIpc) is 2.46. The maximum absolute atomic E-state index is 11.1. The molecule has 0 aliphatic heterocycles. The van der Waals surface area contributed by atoms with E-state index in [0.717, 1.165) is 0 Å². The zero-order valence-corrected chi connectivity index (χ0v) is 12.4. The molecule has 0 fully saturated rings. The highest BCUT2D eigenvalue weighted by molar-refractivity contribution is 6.31. The highest BCUT2D eigenvalue weighted by Gasteiger charge is 2.33. The summed E-state index contributed by atoms with van der Waals surface area (Å²) in [6, 6.07) is 12.0. The third-order valence-corrected chi connectivity index (χ3v) is 3.34. The second-order valence-corrected chi connectivity index (χ2v) is 5.10. The molecule has 0 radical (unpaired) electrons. The molecule has 0 amide bonds. The van der Waals surface area contributed by atoms with Gasteiger partial charge in [-0.15, -0.1) is 0 Å². The van der Waals surface area contributed by atoms with E-state index in [0.29, 0.717) is 21.2 Å². The van der Waals surface area contributed by atoms with Gasteiger partial charge in [0.1, 0.15) is 15.4 Å². The smallest absolute Gasteiger partial charge is 0.253 e. The number of nitro groups is 2. The predicted octanol–water partition coefficient (Wildman–Crippen LogP) is 4.26. The molecule has 6 nitrogen and oxygen atoms in total. The van der Waals surface area contributed by atoms with Crippen LogP contribution in [0.1, 0.15) is 11.1 Å². The lowest BCUT2D eigenvalue weighted by Gasteiger charge is -2.06. The van der Waals surface area contributed by atoms with E-state index >= 15 is 0 Å². The Morgan fingerprint density at radius 3 is 1.32 bits per heavy atom. The minimum Gasteiger partial charge on any atom is -0.253 e. The fourth-order valence-corrected chi connectivity index (χ4v) is 2.16. The minimum absolute atomic E-state index is 0.108. The maximum Gasteiger partial charge on any atom is 0.567 e. The van der Waals surface area contributed by atoms with E-state index in [2.05, 4.69) is 0 Å². The number of nitrogens with zero attached hydrogens (tertiary/aromatic N) is 2. The SMILES string of the molecule is O=[N+]([O-])C(=C(c1ccc(Cl)cc1)c1ccc(Cl)cc1)[N+](=O)[O-]. The standard InChI is InChI=1S/C14H8Cl2N2O4/c15-11-5-1-9(2-6-11)13(14(17(19)20)18(21)22)10-3-7-12(16)8-4-10/h1-8H. The fraction of sp³-hybridized carbons (Fsp3) is 0. The van der Waals surface area contributed by atoms with Crippen molar-refractivity contribution in [1.29, 1.82) is 0 Å². The van der Waals surface area contributed by atoms with Gasteiger partial charge < -0.3 is 0 Å². The third-order valence-electron chi connectivity index (χ3n) is 2.84. The van der Waals surface area contributed by atoms with Crippen LogP contribution in [0.4, 0.5) is 0 Å². The van der Waals surface area contributed by atoms with Gasteiger partial charge in [-0.1, -0.05) is 47.5 Å². The summed E-state index contributed by atoms with van der Waals surface area (Å²) in [5.74, 6) is -1.11. The van der Waals surface area contributed by atoms with Crippen molar-refractivity contribution in [1.82, 2.24) is 0 Å². The minimum atomic E-state index is -1.11. The summed E-state index contributed by atoms with van der Waals surface area (Å²) in [4.78, 5) is 20.2. The molecule has 0 aliphatic rings. The molecule has 0 bridgehead atoms. The molecule has 0 saturated carbocycles. The Morgan fingerprint density at radius 2 is 1.05 bits per heavy atom. The van der Waals surface area contributed by atoms with Gasteiger partial charge in [0.15, 0.2) is 0 Å². The van der Waals surface area contributed by atoms with Crippen LogP contribution in [0.3, 0.4) is 0 Å². The summed E-state index contributed by atoms with van der Waals surface area (Å²) >= 11 is 11.6. The second kappa shape index (κ2) is 6.55. The molecular formula is C14H8Cl2N2O4. The zero-order valence-electron chi connectivity index (χ0n) is 10.9. The summed E-state index contributed by atoms with van der Waals surface area (Å²) in [7, 11) is 0. The van der Waals surface area contributed by atoms with Gasteiger partial charge in [0.2, 0.25) is 0 Å². The van der Waals surface area contributed by atoms with Gasteiger partial charge in [-0.25, -0.2) is 0 Å². The molecule has 0 spiro atoms. The molecule has 112 valence electrons. The summed E-state index contributed by atoms with van der Waals surface area (Å²) in [5.41, 5.74) is 0.522. The van der Waals surface area contributed by atoms with E-state index in [1.165, 1.54) is 48.5 Å². The molecule has 0 saturated heterocycles. The maximum atomic E-state index is 11.1. The fourth-order valence-electron chi connectivity index (χ4n) is 1.91. The van der Waals surface area contributed by atoms with Gasteiger partial charge >= 0.3 is 5.82 Å². The van der Waals surface area contributed by atoms with E-state index in [4.69, 9.17) is 23.2 Å². The van der Waals surface area contributed by atoms with E-state index in [1.54, 1.807) is 0 Å². The Morgan fingerprint density at radius 1 is 0.727 bits per heavy atom. The van der Waals surface area contributed by atoms with Crippen LogP contribution in [0.2, 0.25) is 10.0 Å². The largest absolute Gasteiger partial charge is 0.567 e. The van der Waals surface area contributed by atoms with Crippen molar-refractivity contribution < 1.29 is 9.85 Å². The van der Waals surface area contributed by atoms with Gasteiger partial charge in [-0.05, 0) is 35.4 Å². The van der Waals surface area contributed by atoms with Crippen molar-refractivity contribution in [3.63, 3.8) is 0 Å². The molecule has 2 aromatic rings. The highest BCUT2D eigenvalue weighted by Crippen LogP contribution is 2.29. The van der Waals surface area contributed by atoms with Crippen molar-refractivity contribution in [2.45, 2.75) is 0 Å². The van der Waals surface area contributed by atoms with Gasteiger partial charge in [0, 0.05) is 10.0 Å². The number of rotatable bonds is 4. The van der Waals surface area contributed by atoms with Gasteiger partial charge in [-0.3, -0.25) is 20.2 Å². The average molecular weight is 339 g/mol. The first kappa shape index (κ1) is 15.9. The summed E-state index contributed by atoms with van der Waals surface area (Å²) in [6.45, 7) is 0. The number of benzene rings is 2. The van der Waals surface area contributed by atoms with E-state index < -0.39 is 15.7 Å². The van der Waals surface area contributed by atoms with E-state index in [1.807, 2.05) is 0 Å². The lowest BCUT2D eigenvalue weighted by atomic mass is 9.98. The molecule has 0 N–H and O–H groups in total. The Kier molecular flexibility index (Phi) is 4.75. The van der Waals surface area contributed by atoms with E-state index in [-0.39, 0.29) is 5.57 Å². The van der Waals surface area contributed by atoms with Crippen molar-refractivity contribution in [3.8, 4) is 0 Å². The quantitative estimate of drug-likeness (QED) is 0.615. The summed E-state index contributed by atoms with van der Waals surface area (Å²) < 4.78 is 0. The molecular weight excluding hydrogens is 331 g/mol. The van der Waals surface area contributed by atoms with Crippen LogP contribution < -0.4 is 0 Å². The molecule has 0 aliphatic carbocycles. The Balaban J connectivity index is 2.76. The van der Waals surface area contributed by atoms with Gasteiger partial charge in [0.25, 0.3) is 0 Å². The molecule has 0 heterocycles. The lowest BCUT2D eigenvalue weighted by molar-refractivity contribution is -0.614. The molecule has 8 heteroatoms. The first-order valence-electron chi connectivity index (χ1n) is 5.95. The molecule has 22 heavy (non-hydrogen) atoms. The molecule has 2 aromatic carbocycles. The van der Waals surface area contributed by atoms with Crippen LogP contribution in [0, 0.1) is 20.2 Å². The third kappa shape index (κ3) is 3.41. The van der Waals surface area contributed by atoms with Crippen LogP contribution in [0.5, 0.6) is 0 Å². The van der Waals surface area contributed by atoms with Crippen LogP contribution >= 0.6 is 23.2 Å². The molecule has 0 aromatic heterocycles. The first-order valence-corrected chi connectivity index (χ1v) is 6.70. The predicted molar refractivity (Wildman–Crippen MR) is 82.9 cm³/mol. The van der Waals surface area contributed by atoms with Crippen molar-refractivity contribution in [2.75, 3.05) is 0 Å².